The summed E-state index contributed by atoms with van der Waals surface area (Å²) in [5.41, 5.74) is 3.08. The number of aryl methyl sites for hydroxylation is 2. The number of anilines is 1. The molecule has 0 radical (unpaired) electrons. The van der Waals surface area contributed by atoms with Crippen LogP contribution < -0.4 is 4.90 Å². The first kappa shape index (κ1) is 14.2. The highest BCUT2D eigenvalue weighted by atomic mass is 16.2. The van der Waals surface area contributed by atoms with Crippen molar-refractivity contribution in [3.63, 3.8) is 0 Å². The van der Waals surface area contributed by atoms with Crippen molar-refractivity contribution in [2.75, 3.05) is 11.9 Å². The van der Waals surface area contributed by atoms with Gasteiger partial charge in [-0.1, -0.05) is 31.5 Å². The molecule has 0 spiro atoms. The third-order valence-corrected chi connectivity index (χ3v) is 3.12. The molecule has 3 heteroatoms. The van der Waals surface area contributed by atoms with Gasteiger partial charge in [0.2, 0.25) is 5.91 Å². The third-order valence-electron chi connectivity index (χ3n) is 3.12. The Morgan fingerprint density at radius 3 is 2.39 bits per heavy atom. The summed E-state index contributed by atoms with van der Waals surface area (Å²) < 4.78 is 0. The fourth-order valence-corrected chi connectivity index (χ4v) is 2.00. The van der Waals surface area contributed by atoms with E-state index < -0.39 is 5.92 Å². The van der Waals surface area contributed by atoms with Crippen LogP contribution in [0.4, 0.5) is 5.69 Å². The van der Waals surface area contributed by atoms with Crippen molar-refractivity contribution in [2.45, 2.75) is 27.7 Å². The first-order valence-electron chi connectivity index (χ1n) is 6.13. The average molecular weight is 244 g/mol. The maximum atomic E-state index is 12.3. The molecule has 0 aliphatic rings. The molecule has 1 atom stereocenters. The lowest BCUT2D eigenvalue weighted by Gasteiger charge is -2.23. The molecule has 1 aromatic carbocycles. The van der Waals surface area contributed by atoms with E-state index >= 15 is 0 Å². The van der Waals surface area contributed by atoms with Gasteiger partial charge in [0, 0.05) is 12.7 Å². The van der Waals surface area contributed by atoms with Crippen LogP contribution in [0.15, 0.2) is 18.2 Å². The molecule has 18 heavy (non-hydrogen) atoms. The zero-order valence-electron chi connectivity index (χ0n) is 11.7. The molecule has 0 saturated carbocycles. The second-order valence-electron chi connectivity index (χ2n) is 5.04. The number of carbonyl (C=O) groups excluding carboxylic acids is 1. The number of nitrogens with zero attached hydrogens (tertiary/aromatic N) is 2. The van der Waals surface area contributed by atoms with Gasteiger partial charge in [0.1, 0.15) is 5.92 Å². The summed E-state index contributed by atoms with van der Waals surface area (Å²) in [7, 11) is 1.73. The topological polar surface area (TPSA) is 44.1 Å². The maximum Gasteiger partial charge on any atom is 0.244 e. The van der Waals surface area contributed by atoms with Crippen LogP contribution in [0.5, 0.6) is 0 Å². The minimum atomic E-state index is -0.587. The van der Waals surface area contributed by atoms with E-state index in [1.807, 2.05) is 45.9 Å². The molecule has 1 unspecified atom stereocenters. The molecule has 0 bridgehead atoms. The number of hydrogen-bond acceptors (Lipinski definition) is 2. The lowest BCUT2D eigenvalue weighted by molar-refractivity contribution is -0.121. The van der Waals surface area contributed by atoms with Gasteiger partial charge in [0.05, 0.1) is 6.07 Å². The van der Waals surface area contributed by atoms with Gasteiger partial charge in [-0.25, -0.2) is 0 Å². The van der Waals surface area contributed by atoms with E-state index in [1.54, 1.807) is 11.9 Å². The molecule has 0 aliphatic heterocycles. The first-order chi connectivity index (χ1) is 8.38. The lowest BCUT2D eigenvalue weighted by Crippen LogP contribution is -2.35. The van der Waals surface area contributed by atoms with Gasteiger partial charge in [-0.2, -0.15) is 5.26 Å². The standard InChI is InChI=1S/C15H20N2O/c1-10(2)13(9-16)15(18)17(5)14-7-6-11(3)8-12(14)4/h6-8,10,13H,1-5H3. The zero-order valence-corrected chi connectivity index (χ0v) is 11.7. The fraction of sp³-hybridized carbons (Fsp3) is 0.467. The molecule has 0 heterocycles. The Balaban J connectivity index is 3.04. The van der Waals surface area contributed by atoms with Crippen LogP contribution >= 0.6 is 0 Å². The van der Waals surface area contributed by atoms with Gasteiger partial charge in [-0.3, -0.25) is 4.79 Å². The molecule has 0 fully saturated rings. The van der Waals surface area contributed by atoms with Crippen molar-refractivity contribution in [3.05, 3.63) is 29.3 Å². The Bertz CT molecular complexity index is 486. The zero-order chi connectivity index (χ0) is 13.9. The molecule has 0 saturated heterocycles. The van der Waals surface area contributed by atoms with Gasteiger partial charge >= 0.3 is 0 Å². The molecule has 0 N–H and O–H groups in total. The molecular weight excluding hydrogens is 224 g/mol. The second kappa shape index (κ2) is 5.68. The van der Waals surface area contributed by atoms with E-state index in [1.165, 1.54) is 0 Å². The van der Waals surface area contributed by atoms with Crippen molar-refractivity contribution >= 4 is 11.6 Å². The minimum absolute atomic E-state index is 0.0238. The Morgan fingerprint density at radius 2 is 1.94 bits per heavy atom. The van der Waals surface area contributed by atoms with Crippen LogP contribution in [0, 0.1) is 37.0 Å². The molecule has 1 aromatic rings. The van der Waals surface area contributed by atoms with E-state index in [0.29, 0.717) is 0 Å². The molecule has 1 amide bonds. The Kier molecular flexibility index (Phi) is 4.49. The highest BCUT2D eigenvalue weighted by Crippen LogP contribution is 2.23. The predicted molar refractivity (Wildman–Crippen MR) is 73.3 cm³/mol. The molecule has 0 aromatic heterocycles. The van der Waals surface area contributed by atoms with Crippen molar-refractivity contribution in [3.8, 4) is 6.07 Å². The van der Waals surface area contributed by atoms with E-state index in [9.17, 15) is 4.79 Å². The molecular formula is C15H20N2O. The number of rotatable bonds is 3. The van der Waals surface area contributed by atoms with Crippen LogP contribution in [0.25, 0.3) is 0 Å². The van der Waals surface area contributed by atoms with Gasteiger partial charge in [0.25, 0.3) is 0 Å². The van der Waals surface area contributed by atoms with Gasteiger partial charge in [-0.05, 0) is 31.4 Å². The second-order valence-corrected chi connectivity index (χ2v) is 5.04. The number of benzene rings is 1. The summed E-state index contributed by atoms with van der Waals surface area (Å²) in [5.74, 6) is -0.703. The van der Waals surface area contributed by atoms with Crippen molar-refractivity contribution < 1.29 is 4.79 Å². The van der Waals surface area contributed by atoms with E-state index in [4.69, 9.17) is 5.26 Å². The molecule has 3 nitrogen and oxygen atoms in total. The largest absolute Gasteiger partial charge is 0.314 e. The summed E-state index contributed by atoms with van der Waals surface area (Å²) in [6, 6.07) is 8.03. The van der Waals surface area contributed by atoms with Crippen molar-refractivity contribution in [1.29, 1.82) is 5.26 Å². The first-order valence-corrected chi connectivity index (χ1v) is 6.13. The fourth-order valence-electron chi connectivity index (χ4n) is 2.00. The van der Waals surface area contributed by atoms with Crippen LogP contribution in [0.1, 0.15) is 25.0 Å². The van der Waals surface area contributed by atoms with Crippen LogP contribution in [0.2, 0.25) is 0 Å². The number of nitriles is 1. The summed E-state index contributed by atoms with van der Waals surface area (Å²) in [6.45, 7) is 7.77. The monoisotopic (exact) mass is 244 g/mol. The predicted octanol–water partition coefficient (Wildman–Crippen LogP) is 3.06. The van der Waals surface area contributed by atoms with Gasteiger partial charge in [-0.15, -0.1) is 0 Å². The van der Waals surface area contributed by atoms with Crippen LogP contribution in [-0.2, 0) is 4.79 Å². The summed E-state index contributed by atoms with van der Waals surface area (Å²) >= 11 is 0. The molecule has 1 rings (SSSR count). The third kappa shape index (κ3) is 2.89. The quantitative estimate of drug-likeness (QED) is 0.820. The van der Waals surface area contributed by atoms with E-state index in [2.05, 4.69) is 6.07 Å². The Morgan fingerprint density at radius 1 is 1.33 bits per heavy atom. The van der Waals surface area contributed by atoms with Crippen LogP contribution in [0.3, 0.4) is 0 Å². The number of hydrogen-bond donors (Lipinski definition) is 0. The Hall–Kier alpha value is -1.82. The summed E-state index contributed by atoms with van der Waals surface area (Å²) in [5, 5.41) is 9.08. The van der Waals surface area contributed by atoms with Crippen molar-refractivity contribution in [1.82, 2.24) is 0 Å². The van der Waals surface area contributed by atoms with E-state index in [-0.39, 0.29) is 11.8 Å². The van der Waals surface area contributed by atoms with Crippen molar-refractivity contribution in [2.24, 2.45) is 11.8 Å². The maximum absolute atomic E-state index is 12.3. The number of amides is 1. The van der Waals surface area contributed by atoms with Crippen LogP contribution in [-0.4, -0.2) is 13.0 Å². The minimum Gasteiger partial charge on any atom is -0.314 e. The molecule has 0 aliphatic carbocycles. The summed E-state index contributed by atoms with van der Waals surface area (Å²) in [4.78, 5) is 13.8. The smallest absolute Gasteiger partial charge is 0.244 e. The molecule has 96 valence electrons. The van der Waals surface area contributed by atoms with Gasteiger partial charge in [0.15, 0.2) is 0 Å². The Labute approximate surface area is 109 Å². The summed E-state index contributed by atoms with van der Waals surface area (Å²) in [6.07, 6.45) is 0. The lowest BCUT2D eigenvalue weighted by atomic mass is 9.95. The highest BCUT2D eigenvalue weighted by molar-refractivity contribution is 5.96. The number of carbonyl (C=O) groups is 1. The normalized spacial score (nSPS) is 12.1. The SMILES string of the molecule is Cc1ccc(N(C)C(=O)C(C#N)C(C)C)c(C)c1. The highest BCUT2D eigenvalue weighted by Gasteiger charge is 2.26. The average Bonchev–Trinajstić information content (AvgIpc) is 2.28. The van der Waals surface area contributed by atoms with E-state index in [0.717, 1.165) is 16.8 Å². The van der Waals surface area contributed by atoms with Gasteiger partial charge < -0.3 is 4.90 Å².